The molecule has 0 aliphatic carbocycles. The zero-order valence-corrected chi connectivity index (χ0v) is 11.5. The Labute approximate surface area is 100 Å². The number of hydrogen-bond acceptors (Lipinski definition) is 0. The summed E-state index contributed by atoms with van der Waals surface area (Å²) in [7, 11) is 0. The van der Waals surface area contributed by atoms with Gasteiger partial charge >= 0.3 is 6.00 Å². The van der Waals surface area contributed by atoms with Crippen LogP contribution in [0.5, 0.6) is 0 Å². The first kappa shape index (κ1) is 11.1. The van der Waals surface area contributed by atoms with E-state index in [1.165, 1.54) is 0 Å². The minimum atomic E-state index is -2.69. The predicted octanol–water partition coefficient (Wildman–Crippen LogP) is 3.48. The van der Waals surface area contributed by atoms with Gasteiger partial charge in [0.25, 0.3) is 0 Å². The van der Waals surface area contributed by atoms with Crippen molar-refractivity contribution in [2.24, 2.45) is 0 Å². The van der Waals surface area contributed by atoms with Crippen LogP contribution in [0.1, 0.15) is 5.56 Å². The minimum Gasteiger partial charge on any atom is -0.121 e. The molecule has 0 nitrogen and oxygen atoms in total. The van der Waals surface area contributed by atoms with E-state index in [4.69, 9.17) is 33.2 Å². The molecule has 0 saturated carbocycles. The Morgan fingerprint density at radius 3 is 2.17 bits per heavy atom. The summed E-state index contributed by atoms with van der Waals surface area (Å²) in [5.74, 6) is 0. The fourth-order valence-corrected chi connectivity index (χ4v) is 4.42. The van der Waals surface area contributed by atoms with Crippen LogP contribution in [0.3, 0.4) is 0 Å². The second-order valence-electron chi connectivity index (χ2n) is 2.29. The van der Waals surface area contributed by atoms with Gasteiger partial charge in [-0.2, -0.15) is 0 Å². The van der Waals surface area contributed by atoms with E-state index in [0.29, 0.717) is 0 Å². The first-order chi connectivity index (χ1) is 5.55. The molecule has 0 fully saturated rings. The van der Waals surface area contributed by atoms with E-state index in [-0.39, 0.29) is 0 Å². The number of rotatable bonds is 2. The molecular weight excluding hydrogens is 345 g/mol. The Morgan fingerprint density at radius 2 is 1.75 bits per heavy atom. The SMILES string of the molecule is Cl[Si](Cl)(Cl)c1ccccc1CI. The molecule has 0 aromatic heterocycles. The van der Waals surface area contributed by atoms with Crippen LogP contribution in [0.2, 0.25) is 0 Å². The Balaban J connectivity index is 3.14. The molecular formula is C7H6Cl3ISi. The average molecular weight is 351 g/mol. The lowest BCUT2D eigenvalue weighted by Crippen LogP contribution is -2.32. The lowest BCUT2D eigenvalue weighted by atomic mass is 10.2. The first-order valence-electron chi connectivity index (χ1n) is 3.27. The quantitative estimate of drug-likeness (QED) is 0.331. The van der Waals surface area contributed by atoms with Crippen LogP contribution in [0.15, 0.2) is 24.3 Å². The van der Waals surface area contributed by atoms with Crippen molar-refractivity contribution in [2.75, 3.05) is 0 Å². The molecule has 12 heavy (non-hydrogen) atoms. The molecule has 0 spiro atoms. The van der Waals surface area contributed by atoms with Gasteiger partial charge in [-0.3, -0.25) is 0 Å². The molecule has 0 unspecified atom stereocenters. The standard InChI is InChI=1S/C7H6Cl3ISi/c8-12(9,10)7-4-2-1-3-6(7)5-11/h1-4H,5H2. The van der Waals surface area contributed by atoms with Gasteiger partial charge in [-0.25, -0.2) is 0 Å². The van der Waals surface area contributed by atoms with Crippen LogP contribution in [-0.4, -0.2) is 6.00 Å². The Hall–Kier alpha value is 1.04. The third-order valence-electron chi connectivity index (χ3n) is 1.47. The van der Waals surface area contributed by atoms with E-state index in [1.54, 1.807) is 0 Å². The predicted molar refractivity (Wildman–Crippen MR) is 67.1 cm³/mol. The van der Waals surface area contributed by atoms with Crippen molar-refractivity contribution in [3.63, 3.8) is 0 Å². The van der Waals surface area contributed by atoms with Crippen LogP contribution in [0.25, 0.3) is 0 Å². The van der Waals surface area contributed by atoms with E-state index < -0.39 is 6.00 Å². The fraction of sp³-hybridized carbons (Fsp3) is 0.143. The Bertz CT molecular complexity index is 272. The van der Waals surface area contributed by atoms with E-state index in [1.807, 2.05) is 24.3 Å². The van der Waals surface area contributed by atoms with Gasteiger partial charge in [0.2, 0.25) is 0 Å². The summed E-state index contributed by atoms with van der Waals surface area (Å²) in [4.78, 5) is 0. The fourth-order valence-electron chi connectivity index (χ4n) is 0.913. The number of benzene rings is 1. The molecule has 0 atom stereocenters. The highest BCUT2D eigenvalue weighted by atomic mass is 127. The zero-order chi connectivity index (χ0) is 9.19. The topological polar surface area (TPSA) is 0 Å². The van der Waals surface area contributed by atoms with Gasteiger partial charge in [0.15, 0.2) is 0 Å². The van der Waals surface area contributed by atoms with Gasteiger partial charge in [0, 0.05) is 4.43 Å². The van der Waals surface area contributed by atoms with Crippen LogP contribution in [0.4, 0.5) is 0 Å². The molecule has 0 heterocycles. The van der Waals surface area contributed by atoms with Crippen molar-refractivity contribution in [3.8, 4) is 0 Å². The Morgan fingerprint density at radius 1 is 1.17 bits per heavy atom. The van der Waals surface area contributed by atoms with Crippen LogP contribution in [-0.2, 0) is 4.43 Å². The zero-order valence-electron chi connectivity index (χ0n) is 6.03. The highest BCUT2D eigenvalue weighted by molar-refractivity contribution is 14.1. The van der Waals surface area contributed by atoms with Gasteiger partial charge in [-0.1, -0.05) is 46.9 Å². The summed E-state index contributed by atoms with van der Waals surface area (Å²) >= 11 is 20.0. The molecule has 66 valence electrons. The summed E-state index contributed by atoms with van der Waals surface area (Å²) in [5.41, 5.74) is 1.13. The van der Waals surface area contributed by atoms with Gasteiger partial charge < -0.3 is 0 Å². The van der Waals surface area contributed by atoms with Crippen LogP contribution in [0, 0.1) is 0 Å². The van der Waals surface area contributed by atoms with E-state index in [9.17, 15) is 0 Å². The second kappa shape index (κ2) is 4.51. The highest BCUT2D eigenvalue weighted by Crippen LogP contribution is 2.22. The summed E-state index contributed by atoms with van der Waals surface area (Å²) in [5, 5.41) is 0.907. The highest BCUT2D eigenvalue weighted by Gasteiger charge is 2.29. The van der Waals surface area contributed by atoms with Gasteiger partial charge in [-0.15, -0.1) is 33.2 Å². The Kier molecular flexibility index (Phi) is 4.17. The van der Waals surface area contributed by atoms with Crippen LogP contribution < -0.4 is 5.19 Å². The second-order valence-corrected chi connectivity index (χ2v) is 11.4. The molecule has 1 aromatic rings. The smallest absolute Gasteiger partial charge is 0.121 e. The maximum Gasteiger partial charge on any atom is 0.373 e. The van der Waals surface area contributed by atoms with E-state index in [0.717, 1.165) is 15.2 Å². The minimum absolute atomic E-state index is 0.884. The van der Waals surface area contributed by atoms with Crippen LogP contribution >= 0.6 is 55.8 Å². The van der Waals surface area contributed by atoms with Crippen molar-refractivity contribution < 1.29 is 0 Å². The number of hydrogen-bond donors (Lipinski definition) is 0. The molecule has 0 radical (unpaired) electrons. The molecule has 0 aliphatic heterocycles. The molecule has 0 aliphatic rings. The monoisotopic (exact) mass is 350 g/mol. The van der Waals surface area contributed by atoms with Crippen molar-refractivity contribution >= 4 is 67.0 Å². The average Bonchev–Trinajstić information content (AvgIpc) is 2.03. The summed E-state index contributed by atoms with van der Waals surface area (Å²) in [6.07, 6.45) is 0. The van der Waals surface area contributed by atoms with Gasteiger partial charge in [0.1, 0.15) is 0 Å². The van der Waals surface area contributed by atoms with E-state index in [2.05, 4.69) is 22.6 Å². The van der Waals surface area contributed by atoms with Crippen molar-refractivity contribution in [1.82, 2.24) is 0 Å². The molecule has 0 saturated heterocycles. The largest absolute Gasteiger partial charge is 0.373 e. The van der Waals surface area contributed by atoms with Crippen molar-refractivity contribution in [1.29, 1.82) is 0 Å². The van der Waals surface area contributed by atoms with Gasteiger partial charge in [-0.05, 0) is 10.8 Å². The number of halogens is 4. The third-order valence-corrected chi connectivity index (χ3v) is 5.22. The lowest BCUT2D eigenvalue weighted by molar-refractivity contribution is 1.50. The summed E-state index contributed by atoms with van der Waals surface area (Å²) < 4.78 is 0.884. The molecule has 0 N–H and O–H groups in total. The lowest BCUT2D eigenvalue weighted by Gasteiger charge is -2.11. The first-order valence-corrected chi connectivity index (χ1v) is 9.83. The molecule has 0 amide bonds. The molecule has 1 rings (SSSR count). The van der Waals surface area contributed by atoms with Crippen molar-refractivity contribution in [2.45, 2.75) is 4.43 Å². The van der Waals surface area contributed by atoms with Crippen molar-refractivity contribution in [3.05, 3.63) is 29.8 Å². The maximum atomic E-state index is 5.91. The summed E-state index contributed by atoms with van der Waals surface area (Å²) in [6, 6.07) is 5.07. The van der Waals surface area contributed by atoms with E-state index >= 15 is 0 Å². The molecule has 0 bridgehead atoms. The normalized spacial score (nSPS) is 11.7. The maximum absolute atomic E-state index is 5.91. The summed E-state index contributed by atoms with van der Waals surface area (Å²) in [6.45, 7) is 0. The third kappa shape index (κ3) is 2.77. The molecule has 5 heteroatoms. The molecule has 1 aromatic carbocycles. The number of alkyl halides is 1. The van der Waals surface area contributed by atoms with Gasteiger partial charge in [0.05, 0.1) is 0 Å².